The smallest absolute Gasteiger partial charge is 0.406 e. The SMILES string of the molecule is O=C(NC(CCl)c1ccc(-c2ccc(OC(F)(F)F)cc2)cc1)c1ccccc1. The number of carbonyl (C=O) groups is 1. The maximum Gasteiger partial charge on any atom is 0.573 e. The van der Waals surface area contributed by atoms with Gasteiger partial charge in [-0.2, -0.15) is 0 Å². The van der Waals surface area contributed by atoms with Crippen LogP contribution >= 0.6 is 11.6 Å². The predicted octanol–water partition coefficient (Wildman–Crippen LogP) is 5.96. The summed E-state index contributed by atoms with van der Waals surface area (Å²) in [5.41, 5.74) is 2.92. The number of amides is 1. The lowest BCUT2D eigenvalue weighted by Gasteiger charge is -2.17. The topological polar surface area (TPSA) is 38.3 Å². The van der Waals surface area contributed by atoms with Gasteiger partial charge in [0.2, 0.25) is 0 Å². The molecule has 7 heteroatoms. The Morgan fingerprint density at radius 2 is 1.45 bits per heavy atom. The molecule has 0 fully saturated rings. The Labute approximate surface area is 171 Å². The van der Waals surface area contributed by atoms with Crippen LogP contribution in [0, 0.1) is 0 Å². The van der Waals surface area contributed by atoms with Gasteiger partial charge in [0, 0.05) is 11.4 Å². The molecule has 3 aromatic rings. The summed E-state index contributed by atoms with van der Waals surface area (Å²) < 4.78 is 40.6. The fourth-order valence-electron chi connectivity index (χ4n) is 2.80. The third-order valence-corrected chi connectivity index (χ3v) is 4.54. The van der Waals surface area contributed by atoms with Crippen molar-refractivity contribution in [2.45, 2.75) is 12.4 Å². The van der Waals surface area contributed by atoms with Crippen molar-refractivity contribution >= 4 is 17.5 Å². The number of ether oxygens (including phenoxy) is 1. The minimum Gasteiger partial charge on any atom is -0.406 e. The van der Waals surface area contributed by atoms with Gasteiger partial charge in [-0.1, -0.05) is 54.6 Å². The molecule has 0 saturated carbocycles. The second-order valence-electron chi connectivity index (χ2n) is 6.24. The zero-order valence-corrected chi connectivity index (χ0v) is 15.9. The molecule has 0 spiro atoms. The molecular formula is C22H17ClF3NO2. The Kier molecular flexibility index (Phi) is 6.44. The van der Waals surface area contributed by atoms with Gasteiger partial charge in [0.15, 0.2) is 0 Å². The first-order valence-electron chi connectivity index (χ1n) is 8.74. The van der Waals surface area contributed by atoms with Gasteiger partial charge < -0.3 is 10.1 Å². The first-order chi connectivity index (χ1) is 13.9. The molecule has 0 radical (unpaired) electrons. The van der Waals surface area contributed by atoms with Crippen LogP contribution in [0.5, 0.6) is 5.75 Å². The van der Waals surface area contributed by atoms with Crippen molar-refractivity contribution in [1.29, 1.82) is 0 Å². The fraction of sp³-hybridized carbons (Fsp3) is 0.136. The summed E-state index contributed by atoms with van der Waals surface area (Å²) in [5, 5.41) is 2.89. The van der Waals surface area contributed by atoms with Crippen molar-refractivity contribution in [3.05, 3.63) is 90.0 Å². The van der Waals surface area contributed by atoms with Crippen LogP contribution in [-0.2, 0) is 0 Å². The molecule has 0 aliphatic heterocycles. The number of halogens is 4. The van der Waals surface area contributed by atoms with E-state index < -0.39 is 6.36 Å². The molecule has 0 saturated heterocycles. The Bertz CT molecular complexity index is 943. The normalized spacial score (nSPS) is 12.3. The van der Waals surface area contributed by atoms with Crippen molar-refractivity contribution in [3.8, 4) is 16.9 Å². The van der Waals surface area contributed by atoms with E-state index in [1.807, 2.05) is 30.3 Å². The first-order valence-corrected chi connectivity index (χ1v) is 9.27. The summed E-state index contributed by atoms with van der Waals surface area (Å²) >= 11 is 6.04. The van der Waals surface area contributed by atoms with Crippen LogP contribution in [0.1, 0.15) is 22.0 Å². The lowest BCUT2D eigenvalue weighted by atomic mass is 10.0. The molecule has 150 valence electrons. The zero-order chi connectivity index (χ0) is 20.9. The Balaban J connectivity index is 1.70. The van der Waals surface area contributed by atoms with Gasteiger partial charge in [-0.15, -0.1) is 24.8 Å². The quantitative estimate of drug-likeness (QED) is 0.500. The minimum absolute atomic E-state index is 0.196. The lowest BCUT2D eigenvalue weighted by molar-refractivity contribution is -0.274. The largest absolute Gasteiger partial charge is 0.573 e. The summed E-state index contributed by atoms with van der Waals surface area (Å²) in [6.07, 6.45) is -4.72. The van der Waals surface area contributed by atoms with E-state index in [4.69, 9.17) is 11.6 Å². The van der Waals surface area contributed by atoms with E-state index in [2.05, 4.69) is 10.1 Å². The number of hydrogen-bond acceptors (Lipinski definition) is 2. The molecule has 3 nitrogen and oxygen atoms in total. The van der Waals surface area contributed by atoms with Crippen LogP contribution in [0.3, 0.4) is 0 Å². The highest BCUT2D eigenvalue weighted by Gasteiger charge is 2.30. The number of alkyl halides is 4. The molecule has 0 aliphatic rings. The number of carbonyl (C=O) groups excluding carboxylic acids is 1. The van der Waals surface area contributed by atoms with Crippen molar-refractivity contribution in [3.63, 3.8) is 0 Å². The molecule has 0 bridgehead atoms. The fourth-order valence-corrected chi connectivity index (χ4v) is 3.05. The van der Waals surface area contributed by atoms with E-state index in [1.54, 1.807) is 36.4 Å². The molecule has 0 heterocycles. The van der Waals surface area contributed by atoms with Crippen molar-refractivity contribution < 1.29 is 22.7 Å². The molecule has 1 unspecified atom stereocenters. The molecule has 3 rings (SSSR count). The van der Waals surface area contributed by atoms with Crippen LogP contribution in [-0.4, -0.2) is 18.1 Å². The van der Waals surface area contributed by atoms with E-state index in [-0.39, 0.29) is 23.6 Å². The number of rotatable bonds is 6. The van der Waals surface area contributed by atoms with Crippen molar-refractivity contribution in [2.24, 2.45) is 0 Å². The number of nitrogens with one attached hydrogen (secondary N) is 1. The first kappa shape index (κ1) is 20.7. The molecule has 1 amide bonds. The van der Waals surface area contributed by atoms with Crippen LogP contribution in [0.25, 0.3) is 11.1 Å². The average molecular weight is 420 g/mol. The zero-order valence-electron chi connectivity index (χ0n) is 15.1. The molecular weight excluding hydrogens is 403 g/mol. The predicted molar refractivity (Wildman–Crippen MR) is 106 cm³/mol. The highest BCUT2D eigenvalue weighted by molar-refractivity contribution is 6.18. The van der Waals surface area contributed by atoms with Gasteiger partial charge in [0.25, 0.3) is 5.91 Å². The van der Waals surface area contributed by atoms with Gasteiger partial charge in [0.1, 0.15) is 5.75 Å². The average Bonchev–Trinajstić information content (AvgIpc) is 2.72. The molecule has 0 aromatic heterocycles. The molecule has 0 aliphatic carbocycles. The van der Waals surface area contributed by atoms with Crippen molar-refractivity contribution in [1.82, 2.24) is 5.32 Å². The minimum atomic E-state index is -4.72. The monoisotopic (exact) mass is 419 g/mol. The van der Waals surface area contributed by atoms with E-state index in [9.17, 15) is 18.0 Å². The standard InChI is InChI=1S/C22H17ClF3NO2/c23-14-20(27-21(28)18-4-2-1-3-5-18)17-8-6-15(7-9-17)16-10-12-19(13-11-16)29-22(24,25)26/h1-13,20H,14H2,(H,27,28). The third-order valence-electron chi connectivity index (χ3n) is 4.23. The summed E-state index contributed by atoms with van der Waals surface area (Å²) in [7, 11) is 0. The molecule has 3 aromatic carbocycles. The molecule has 1 N–H and O–H groups in total. The van der Waals surface area contributed by atoms with Crippen LogP contribution < -0.4 is 10.1 Å². The number of benzene rings is 3. The highest BCUT2D eigenvalue weighted by atomic mass is 35.5. The van der Waals surface area contributed by atoms with Crippen molar-refractivity contribution in [2.75, 3.05) is 5.88 Å². The van der Waals surface area contributed by atoms with Gasteiger partial charge in [-0.3, -0.25) is 4.79 Å². The van der Waals surface area contributed by atoms with Gasteiger partial charge in [0.05, 0.1) is 6.04 Å². The summed E-state index contributed by atoms with van der Waals surface area (Å²) in [5.74, 6) is -0.300. The summed E-state index contributed by atoms with van der Waals surface area (Å²) in [6, 6.07) is 21.4. The Morgan fingerprint density at radius 1 is 0.897 bits per heavy atom. The van der Waals surface area contributed by atoms with Crippen LogP contribution in [0.2, 0.25) is 0 Å². The van der Waals surface area contributed by atoms with E-state index in [1.165, 1.54) is 12.1 Å². The highest BCUT2D eigenvalue weighted by Crippen LogP contribution is 2.27. The number of hydrogen-bond donors (Lipinski definition) is 1. The van der Waals surface area contributed by atoms with E-state index in [0.717, 1.165) is 16.7 Å². The molecule has 1 atom stereocenters. The maximum atomic E-state index is 12.3. The van der Waals surface area contributed by atoms with E-state index in [0.29, 0.717) is 5.56 Å². The summed E-state index contributed by atoms with van der Waals surface area (Å²) in [4.78, 5) is 12.3. The van der Waals surface area contributed by atoms with Gasteiger partial charge in [-0.25, -0.2) is 0 Å². The summed E-state index contributed by atoms with van der Waals surface area (Å²) in [6.45, 7) is 0. The second kappa shape index (κ2) is 9.01. The third kappa shape index (κ3) is 5.74. The Hall–Kier alpha value is -2.99. The molecule has 29 heavy (non-hydrogen) atoms. The maximum absolute atomic E-state index is 12.3. The Morgan fingerprint density at radius 3 is 1.97 bits per heavy atom. The van der Waals surface area contributed by atoms with Crippen LogP contribution in [0.15, 0.2) is 78.9 Å². The van der Waals surface area contributed by atoms with Crippen LogP contribution in [0.4, 0.5) is 13.2 Å². The van der Waals surface area contributed by atoms with Gasteiger partial charge >= 0.3 is 6.36 Å². The van der Waals surface area contributed by atoms with E-state index >= 15 is 0 Å². The lowest BCUT2D eigenvalue weighted by Crippen LogP contribution is -2.29. The van der Waals surface area contributed by atoms with Gasteiger partial charge in [-0.05, 0) is 41.0 Å². The second-order valence-corrected chi connectivity index (χ2v) is 6.55.